The highest BCUT2D eigenvalue weighted by Gasteiger charge is 2.35. The number of nitrogens with zero attached hydrogens (tertiary/aromatic N) is 2. The summed E-state index contributed by atoms with van der Waals surface area (Å²) in [6.07, 6.45) is 5.28. The molecule has 246 valence electrons. The zero-order chi connectivity index (χ0) is 33.4. The molecule has 1 fully saturated rings. The van der Waals surface area contributed by atoms with E-state index >= 15 is 0 Å². The molecule has 0 saturated heterocycles. The molecule has 1 atom stereocenters. The molecule has 9 heteroatoms. The predicted octanol–water partition coefficient (Wildman–Crippen LogP) is 7.24. The van der Waals surface area contributed by atoms with Crippen molar-refractivity contribution in [2.75, 3.05) is 10.8 Å². The van der Waals surface area contributed by atoms with Crippen LogP contribution >= 0.6 is 11.6 Å². The third-order valence-electron chi connectivity index (χ3n) is 8.85. The molecule has 0 bridgehead atoms. The summed E-state index contributed by atoms with van der Waals surface area (Å²) < 4.78 is 29.6. The Morgan fingerprint density at radius 3 is 2.13 bits per heavy atom. The van der Waals surface area contributed by atoms with E-state index in [1.807, 2.05) is 56.3 Å². The molecule has 4 aromatic rings. The van der Waals surface area contributed by atoms with E-state index in [2.05, 4.69) is 5.32 Å². The number of sulfonamides is 1. The van der Waals surface area contributed by atoms with Crippen molar-refractivity contribution in [2.45, 2.75) is 75.9 Å². The van der Waals surface area contributed by atoms with E-state index < -0.39 is 28.5 Å². The van der Waals surface area contributed by atoms with Crippen LogP contribution in [0.1, 0.15) is 54.4 Å². The molecule has 1 N–H and O–H groups in total. The highest BCUT2D eigenvalue weighted by Crippen LogP contribution is 2.27. The molecule has 0 spiro atoms. The Bertz CT molecular complexity index is 1780. The summed E-state index contributed by atoms with van der Waals surface area (Å²) in [5.74, 6) is -0.748. The fraction of sp³-hybridized carbons (Fsp3) is 0.316. The number of halogens is 1. The van der Waals surface area contributed by atoms with Gasteiger partial charge >= 0.3 is 0 Å². The van der Waals surface area contributed by atoms with E-state index in [1.165, 1.54) is 17.0 Å². The van der Waals surface area contributed by atoms with Crippen LogP contribution in [0.15, 0.2) is 108 Å². The van der Waals surface area contributed by atoms with Gasteiger partial charge < -0.3 is 10.2 Å². The lowest BCUT2D eigenvalue weighted by atomic mass is 9.94. The molecule has 4 aromatic carbocycles. The second-order valence-electron chi connectivity index (χ2n) is 12.3. The van der Waals surface area contributed by atoms with Gasteiger partial charge in [0.25, 0.3) is 10.0 Å². The van der Waals surface area contributed by atoms with Gasteiger partial charge in [-0.25, -0.2) is 8.42 Å². The van der Waals surface area contributed by atoms with E-state index in [9.17, 15) is 18.0 Å². The largest absolute Gasteiger partial charge is 0.352 e. The van der Waals surface area contributed by atoms with E-state index in [4.69, 9.17) is 11.6 Å². The fourth-order valence-electron chi connectivity index (χ4n) is 6.06. The molecule has 1 saturated carbocycles. The van der Waals surface area contributed by atoms with Crippen LogP contribution in [0.2, 0.25) is 5.02 Å². The van der Waals surface area contributed by atoms with Crippen LogP contribution in [0.4, 0.5) is 5.69 Å². The zero-order valence-electron chi connectivity index (χ0n) is 26.9. The Labute approximate surface area is 283 Å². The molecule has 0 radical (unpaired) electrons. The van der Waals surface area contributed by atoms with Gasteiger partial charge in [-0.15, -0.1) is 0 Å². The first-order chi connectivity index (χ1) is 22.6. The van der Waals surface area contributed by atoms with Crippen LogP contribution in [0, 0.1) is 13.8 Å². The topological polar surface area (TPSA) is 86.8 Å². The van der Waals surface area contributed by atoms with E-state index in [0.29, 0.717) is 10.7 Å². The predicted molar refractivity (Wildman–Crippen MR) is 188 cm³/mol. The van der Waals surface area contributed by atoms with Gasteiger partial charge in [0.2, 0.25) is 11.8 Å². The molecule has 2 amide bonds. The minimum Gasteiger partial charge on any atom is -0.352 e. The minimum atomic E-state index is -4.16. The van der Waals surface area contributed by atoms with Gasteiger partial charge in [-0.3, -0.25) is 13.9 Å². The lowest BCUT2D eigenvalue weighted by Gasteiger charge is -2.35. The first-order valence-electron chi connectivity index (χ1n) is 16.1. The van der Waals surface area contributed by atoms with Crippen LogP contribution in [-0.2, 0) is 32.6 Å². The molecule has 0 heterocycles. The van der Waals surface area contributed by atoms with Crippen molar-refractivity contribution >= 4 is 39.1 Å². The first kappa shape index (κ1) is 34.2. The summed E-state index contributed by atoms with van der Waals surface area (Å²) in [6, 6.07) is 29.3. The van der Waals surface area contributed by atoms with Crippen molar-refractivity contribution < 1.29 is 18.0 Å². The second-order valence-corrected chi connectivity index (χ2v) is 14.6. The number of carbonyl (C=O) groups is 2. The summed E-state index contributed by atoms with van der Waals surface area (Å²) >= 11 is 6.36. The number of nitrogens with one attached hydrogen (secondary N) is 1. The van der Waals surface area contributed by atoms with Gasteiger partial charge in [0.1, 0.15) is 12.6 Å². The van der Waals surface area contributed by atoms with Crippen molar-refractivity contribution in [2.24, 2.45) is 0 Å². The summed E-state index contributed by atoms with van der Waals surface area (Å²) in [5, 5.41) is 3.74. The third-order valence-corrected chi connectivity index (χ3v) is 10.9. The SMILES string of the molecule is Cc1ccc(N(CC(=O)N(Cc2cccc(Cl)c2)[C@H](Cc2ccccc2)C(=O)NC2CCCCC2)S(=O)(=O)c2ccccc2)cc1C. The Balaban J connectivity index is 1.57. The molecule has 1 aliphatic rings. The third kappa shape index (κ3) is 8.82. The monoisotopic (exact) mass is 671 g/mol. The zero-order valence-corrected chi connectivity index (χ0v) is 28.5. The quantitative estimate of drug-likeness (QED) is 0.172. The maximum absolute atomic E-state index is 14.7. The average molecular weight is 672 g/mol. The number of rotatable bonds is 12. The Hall–Kier alpha value is -4.14. The number of hydrogen-bond acceptors (Lipinski definition) is 4. The number of aryl methyl sites for hydroxylation is 2. The Morgan fingerprint density at radius 1 is 0.809 bits per heavy atom. The van der Waals surface area contributed by atoms with Gasteiger partial charge in [-0.05, 0) is 85.3 Å². The standard InChI is InChI=1S/C38H42ClN3O4S/c1-28-21-22-34(23-29(28)2)42(47(45,46)35-19-10-5-11-20-35)27-37(43)41(26-31-15-12-16-32(39)24-31)36(25-30-13-6-3-7-14-30)38(44)40-33-17-8-4-9-18-33/h3,5-7,10-16,19-24,33,36H,4,8-9,17-18,25-27H2,1-2H3,(H,40,44)/t36-/m1/s1. The first-order valence-corrected chi connectivity index (χ1v) is 18.0. The van der Waals surface area contributed by atoms with Crippen molar-refractivity contribution in [3.63, 3.8) is 0 Å². The van der Waals surface area contributed by atoms with Gasteiger partial charge in [0, 0.05) is 24.0 Å². The van der Waals surface area contributed by atoms with Crippen LogP contribution in [0.3, 0.4) is 0 Å². The van der Waals surface area contributed by atoms with Gasteiger partial charge in [-0.2, -0.15) is 0 Å². The van der Waals surface area contributed by atoms with Gasteiger partial charge in [-0.1, -0.05) is 97.6 Å². The van der Waals surface area contributed by atoms with E-state index in [1.54, 1.807) is 48.5 Å². The fourth-order valence-corrected chi connectivity index (χ4v) is 7.70. The molecule has 0 unspecified atom stereocenters. The minimum absolute atomic E-state index is 0.0307. The molecular weight excluding hydrogens is 630 g/mol. The Morgan fingerprint density at radius 2 is 1.47 bits per heavy atom. The van der Waals surface area contributed by atoms with Crippen LogP contribution in [-0.4, -0.2) is 43.8 Å². The highest BCUT2D eigenvalue weighted by atomic mass is 35.5. The molecule has 47 heavy (non-hydrogen) atoms. The number of amides is 2. The highest BCUT2D eigenvalue weighted by molar-refractivity contribution is 7.92. The maximum Gasteiger partial charge on any atom is 0.264 e. The maximum atomic E-state index is 14.7. The summed E-state index contributed by atoms with van der Waals surface area (Å²) in [5.41, 5.74) is 3.90. The summed E-state index contributed by atoms with van der Waals surface area (Å²) in [7, 11) is -4.16. The number of carbonyl (C=O) groups excluding carboxylic acids is 2. The van der Waals surface area contributed by atoms with Crippen LogP contribution < -0.4 is 9.62 Å². The van der Waals surface area contributed by atoms with Gasteiger partial charge in [0.15, 0.2) is 0 Å². The normalized spacial score (nSPS) is 14.3. The molecule has 1 aliphatic carbocycles. The van der Waals surface area contributed by atoms with Gasteiger partial charge in [0.05, 0.1) is 10.6 Å². The van der Waals surface area contributed by atoms with Crippen molar-refractivity contribution in [3.8, 4) is 0 Å². The Kier molecular flexibility index (Phi) is 11.4. The number of benzene rings is 4. The van der Waals surface area contributed by atoms with E-state index in [0.717, 1.165) is 58.7 Å². The van der Waals surface area contributed by atoms with Crippen LogP contribution in [0.5, 0.6) is 0 Å². The van der Waals surface area contributed by atoms with Crippen molar-refractivity contribution in [1.82, 2.24) is 10.2 Å². The molecule has 7 nitrogen and oxygen atoms in total. The van der Waals surface area contributed by atoms with Crippen LogP contribution in [0.25, 0.3) is 0 Å². The number of hydrogen-bond donors (Lipinski definition) is 1. The van der Waals surface area contributed by atoms with Crippen molar-refractivity contribution in [1.29, 1.82) is 0 Å². The van der Waals surface area contributed by atoms with E-state index in [-0.39, 0.29) is 29.8 Å². The lowest BCUT2D eigenvalue weighted by Crippen LogP contribution is -2.55. The average Bonchev–Trinajstić information content (AvgIpc) is 3.07. The number of anilines is 1. The molecule has 0 aliphatic heterocycles. The summed E-state index contributed by atoms with van der Waals surface area (Å²) in [4.78, 5) is 30.5. The summed E-state index contributed by atoms with van der Waals surface area (Å²) in [6.45, 7) is 3.43. The molecule has 5 rings (SSSR count). The molecule has 0 aromatic heterocycles. The lowest BCUT2D eigenvalue weighted by molar-refractivity contribution is -0.140. The molecular formula is C38H42ClN3O4S. The smallest absolute Gasteiger partial charge is 0.264 e. The van der Waals surface area contributed by atoms with Crippen molar-refractivity contribution in [3.05, 3.63) is 130 Å². The second kappa shape index (κ2) is 15.6.